The third kappa shape index (κ3) is 4.39. The van der Waals surface area contributed by atoms with E-state index < -0.39 is 16.0 Å². The number of nitrogens with one attached hydrogen (secondary N) is 1. The molecule has 0 aliphatic heterocycles. The average Bonchev–Trinajstić information content (AvgIpc) is 2.79. The fourth-order valence-electron chi connectivity index (χ4n) is 3.20. The van der Waals surface area contributed by atoms with Gasteiger partial charge in [-0.15, -0.1) is 0 Å². The van der Waals surface area contributed by atoms with Crippen LogP contribution in [-0.2, 0) is 21.8 Å². The summed E-state index contributed by atoms with van der Waals surface area (Å²) >= 11 is 0. The number of sulfonamides is 1. The predicted octanol–water partition coefficient (Wildman–Crippen LogP) is 2.90. The molecule has 6 nitrogen and oxygen atoms in total. The lowest BCUT2D eigenvalue weighted by atomic mass is 9.97. The summed E-state index contributed by atoms with van der Waals surface area (Å²) in [6, 6.07) is 1.39. The Morgan fingerprint density at radius 3 is 2.42 bits per heavy atom. The minimum atomic E-state index is -3.65. The molecule has 0 aromatic carbocycles. The smallest absolute Gasteiger partial charge is 0.354 e. The molecule has 0 unspecified atom stereocenters. The number of esters is 1. The van der Waals surface area contributed by atoms with Gasteiger partial charge in [0.25, 0.3) is 0 Å². The first kappa shape index (κ1) is 19.0. The molecule has 0 radical (unpaired) electrons. The van der Waals surface area contributed by atoms with Gasteiger partial charge in [-0.2, -0.15) is 0 Å². The van der Waals surface area contributed by atoms with Crippen LogP contribution in [0.5, 0.6) is 0 Å². The van der Waals surface area contributed by atoms with Crippen LogP contribution in [0, 0.1) is 6.92 Å². The largest absolute Gasteiger partial charge is 0.461 e. The van der Waals surface area contributed by atoms with Gasteiger partial charge in [0.1, 0.15) is 10.6 Å². The van der Waals surface area contributed by atoms with Gasteiger partial charge >= 0.3 is 5.97 Å². The Kier molecular flexibility index (Phi) is 6.46. The van der Waals surface area contributed by atoms with E-state index in [0.717, 1.165) is 38.5 Å². The van der Waals surface area contributed by atoms with Gasteiger partial charge in [-0.3, -0.25) is 0 Å². The molecule has 136 valence electrons. The molecule has 0 amide bonds. The minimum Gasteiger partial charge on any atom is -0.461 e. The second-order valence-electron chi connectivity index (χ2n) is 6.42. The van der Waals surface area contributed by atoms with Gasteiger partial charge in [0.2, 0.25) is 10.0 Å². The van der Waals surface area contributed by atoms with Crippen molar-refractivity contribution in [1.82, 2.24) is 9.29 Å². The minimum absolute atomic E-state index is 0.0269. The van der Waals surface area contributed by atoms with E-state index in [1.165, 1.54) is 12.5 Å². The van der Waals surface area contributed by atoms with Crippen LogP contribution in [-0.4, -0.2) is 31.6 Å². The molecule has 24 heavy (non-hydrogen) atoms. The maximum Gasteiger partial charge on any atom is 0.354 e. The number of hydrogen-bond donors (Lipinski definition) is 1. The van der Waals surface area contributed by atoms with Crippen LogP contribution in [0.25, 0.3) is 0 Å². The lowest BCUT2D eigenvalue weighted by Crippen LogP contribution is -2.35. The fourth-order valence-corrected chi connectivity index (χ4v) is 4.80. The van der Waals surface area contributed by atoms with E-state index in [1.54, 1.807) is 25.5 Å². The first-order valence-electron chi connectivity index (χ1n) is 8.72. The molecule has 0 spiro atoms. The van der Waals surface area contributed by atoms with Crippen LogP contribution in [0.15, 0.2) is 11.0 Å². The lowest BCUT2D eigenvalue weighted by molar-refractivity contribution is 0.0515. The Bertz CT molecular complexity index is 671. The Morgan fingerprint density at radius 2 is 1.83 bits per heavy atom. The van der Waals surface area contributed by atoms with Crippen molar-refractivity contribution >= 4 is 16.0 Å². The van der Waals surface area contributed by atoms with E-state index in [9.17, 15) is 13.2 Å². The van der Waals surface area contributed by atoms with Crippen LogP contribution >= 0.6 is 0 Å². The Labute approximate surface area is 144 Å². The Morgan fingerprint density at radius 1 is 1.25 bits per heavy atom. The third-order valence-corrected chi connectivity index (χ3v) is 6.33. The van der Waals surface area contributed by atoms with Crippen LogP contribution in [0.4, 0.5) is 0 Å². The maximum absolute atomic E-state index is 12.8. The van der Waals surface area contributed by atoms with Crippen molar-refractivity contribution < 1.29 is 17.9 Å². The molecular formula is C17H28N2O4S. The molecule has 1 fully saturated rings. The molecule has 0 atom stereocenters. The summed E-state index contributed by atoms with van der Waals surface area (Å²) in [5.41, 5.74) is 0.795. The number of rotatable bonds is 5. The van der Waals surface area contributed by atoms with Crippen molar-refractivity contribution in [2.45, 2.75) is 69.7 Å². The SMILES string of the molecule is CCOC(=O)c1cc(S(=O)(=O)NC2CCCCCCC2)c(C)n1C. The van der Waals surface area contributed by atoms with Crippen LogP contribution in [0.3, 0.4) is 0 Å². The van der Waals surface area contributed by atoms with Crippen molar-refractivity contribution in [2.24, 2.45) is 7.05 Å². The van der Waals surface area contributed by atoms with E-state index in [1.807, 2.05) is 0 Å². The zero-order chi connectivity index (χ0) is 17.7. The molecule has 1 aromatic heterocycles. The normalized spacial score (nSPS) is 17.3. The number of carbonyl (C=O) groups excluding carboxylic acids is 1. The topological polar surface area (TPSA) is 77.4 Å². The summed E-state index contributed by atoms with van der Waals surface area (Å²) in [4.78, 5) is 12.1. The molecular weight excluding hydrogens is 328 g/mol. The van der Waals surface area contributed by atoms with Crippen molar-refractivity contribution in [3.05, 3.63) is 17.5 Å². The van der Waals surface area contributed by atoms with Crippen molar-refractivity contribution in [1.29, 1.82) is 0 Å². The molecule has 1 N–H and O–H groups in total. The highest BCUT2D eigenvalue weighted by Crippen LogP contribution is 2.23. The molecule has 0 bridgehead atoms. The van der Waals surface area contributed by atoms with E-state index in [0.29, 0.717) is 5.69 Å². The molecule has 0 saturated heterocycles. The van der Waals surface area contributed by atoms with Gasteiger partial charge in [-0.05, 0) is 32.8 Å². The summed E-state index contributed by atoms with van der Waals surface area (Å²) in [6.07, 6.45) is 7.40. The van der Waals surface area contributed by atoms with Gasteiger partial charge in [0.05, 0.1) is 6.61 Å². The number of carbonyl (C=O) groups is 1. The monoisotopic (exact) mass is 356 g/mol. The summed E-state index contributed by atoms with van der Waals surface area (Å²) in [7, 11) is -1.97. The first-order chi connectivity index (χ1) is 11.4. The maximum atomic E-state index is 12.8. The molecule has 2 rings (SSSR count). The zero-order valence-electron chi connectivity index (χ0n) is 14.8. The van der Waals surface area contributed by atoms with Crippen molar-refractivity contribution in [3.63, 3.8) is 0 Å². The summed E-state index contributed by atoms with van der Waals surface area (Å²) < 4.78 is 35.0. The second-order valence-corrected chi connectivity index (χ2v) is 8.10. The van der Waals surface area contributed by atoms with Crippen molar-refractivity contribution in [2.75, 3.05) is 6.61 Å². The van der Waals surface area contributed by atoms with Gasteiger partial charge in [0.15, 0.2) is 0 Å². The lowest BCUT2D eigenvalue weighted by Gasteiger charge is -2.20. The van der Waals surface area contributed by atoms with Gasteiger partial charge in [0, 0.05) is 18.8 Å². The predicted molar refractivity (Wildman–Crippen MR) is 92.5 cm³/mol. The van der Waals surface area contributed by atoms with Crippen molar-refractivity contribution in [3.8, 4) is 0 Å². The number of aromatic nitrogens is 1. The summed E-state index contributed by atoms with van der Waals surface area (Å²) in [5, 5.41) is 0. The molecule has 7 heteroatoms. The quantitative estimate of drug-likeness (QED) is 0.823. The van der Waals surface area contributed by atoms with Gasteiger partial charge in [-0.25, -0.2) is 17.9 Å². The number of ether oxygens (including phenoxy) is 1. The van der Waals surface area contributed by atoms with Gasteiger partial charge < -0.3 is 9.30 Å². The molecule has 1 saturated carbocycles. The summed E-state index contributed by atoms with van der Waals surface area (Å²) in [5.74, 6) is -0.504. The average molecular weight is 356 g/mol. The fraction of sp³-hybridized carbons (Fsp3) is 0.706. The summed E-state index contributed by atoms with van der Waals surface area (Å²) in [6.45, 7) is 3.68. The zero-order valence-corrected chi connectivity index (χ0v) is 15.6. The highest BCUT2D eigenvalue weighted by Gasteiger charge is 2.27. The Hall–Kier alpha value is -1.34. The molecule has 1 aliphatic rings. The van der Waals surface area contributed by atoms with E-state index in [-0.39, 0.29) is 23.2 Å². The van der Waals surface area contributed by atoms with Gasteiger partial charge in [-0.1, -0.05) is 32.1 Å². The van der Waals surface area contributed by atoms with E-state index in [2.05, 4.69) is 4.72 Å². The van der Waals surface area contributed by atoms with Crippen LogP contribution in [0.2, 0.25) is 0 Å². The highest BCUT2D eigenvalue weighted by atomic mass is 32.2. The molecule has 1 aromatic rings. The van der Waals surface area contributed by atoms with Crippen LogP contribution < -0.4 is 4.72 Å². The van der Waals surface area contributed by atoms with E-state index >= 15 is 0 Å². The standard InChI is InChI=1S/C17H28N2O4S/c1-4-23-17(20)15-12-16(13(2)19(15)3)24(21,22)18-14-10-8-6-5-7-9-11-14/h12,14,18H,4-11H2,1-3H3. The van der Waals surface area contributed by atoms with Crippen LogP contribution in [0.1, 0.15) is 68.1 Å². The number of nitrogens with zero attached hydrogens (tertiary/aromatic N) is 1. The highest BCUT2D eigenvalue weighted by molar-refractivity contribution is 7.89. The molecule has 1 heterocycles. The third-order valence-electron chi connectivity index (χ3n) is 4.69. The number of hydrogen-bond acceptors (Lipinski definition) is 4. The van der Waals surface area contributed by atoms with E-state index in [4.69, 9.17) is 4.74 Å². The second kappa shape index (κ2) is 8.16. The Balaban J connectivity index is 2.22. The molecule has 1 aliphatic carbocycles. The first-order valence-corrected chi connectivity index (χ1v) is 10.2.